The SMILES string of the molecule is C.COc1ccc([P+](O)(c2ccc(OC)cc2)c2ccc(OC)cc2)cc1. The molecule has 0 radical (unpaired) electrons. The molecule has 0 spiro atoms. The van der Waals surface area contributed by atoms with E-state index in [-0.39, 0.29) is 7.43 Å². The van der Waals surface area contributed by atoms with Crippen LogP contribution in [0.25, 0.3) is 0 Å². The molecule has 0 amide bonds. The first kappa shape index (κ1) is 20.8. The molecule has 142 valence electrons. The van der Waals surface area contributed by atoms with Gasteiger partial charge in [0.25, 0.3) is 0 Å². The van der Waals surface area contributed by atoms with Crippen molar-refractivity contribution >= 4 is 23.4 Å². The van der Waals surface area contributed by atoms with Gasteiger partial charge in [0.1, 0.15) is 33.2 Å². The summed E-state index contributed by atoms with van der Waals surface area (Å²) in [7, 11) is 2.10. The lowest BCUT2D eigenvalue weighted by molar-refractivity contribution is 0.415. The maximum atomic E-state index is 11.9. The number of ether oxygens (including phenoxy) is 3. The van der Waals surface area contributed by atoms with Gasteiger partial charge in [-0.3, -0.25) is 0 Å². The molecule has 0 saturated heterocycles. The van der Waals surface area contributed by atoms with Gasteiger partial charge in [-0.1, -0.05) is 7.43 Å². The molecule has 3 aromatic carbocycles. The molecule has 0 aliphatic rings. The number of hydrogen-bond acceptors (Lipinski definition) is 4. The van der Waals surface area contributed by atoms with E-state index in [9.17, 15) is 4.89 Å². The lowest BCUT2D eigenvalue weighted by Gasteiger charge is -2.20. The fourth-order valence-electron chi connectivity index (χ4n) is 2.84. The fraction of sp³-hybridized carbons (Fsp3) is 0.182. The van der Waals surface area contributed by atoms with Crippen LogP contribution in [0.15, 0.2) is 72.8 Å². The van der Waals surface area contributed by atoms with Crippen LogP contribution in [0.3, 0.4) is 0 Å². The quantitative estimate of drug-likeness (QED) is 0.660. The van der Waals surface area contributed by atoms with Crippen LogP contribution < -0.4 is 30.1 Å². The van der Waals surface area contributed by atoms with Crippen molar-refractivity contribution in [1.82, 2.24) is 0 Å². The number of hydrogen-bond donors (Lipinski definition) is 1. The standard InChI is InChI=1S/C21H22O4P.CH4/c1-23-16-4-10-19(11-5-16)26(22,20-12-6-17(24-2)7-13-20)21-14-8-18(25-3)9-15-21;/h4-15,22H,1-3H3;1H4/q+1;. The van der Waals surface area contributed by atoms with E-state index in [1.54, 1.807) is 21.3 Å². The van der Waals surface area contributed by atoms with Crippen molar-refractivity contribution in [2.45, 2.75) is 7.43 Å². The van der Waals surface area contributed by atoms with Gasteiger partial charge in [0, 0.05) is 0 Å². The maximum absolute atomic E-state index is 11.9. The molecule has 0 unspecified atom stereocenters. The van der Waals surface area contributed by atoms with E-state index in [0.717, 1.165) is 33.2 Å². The van der Waals surface area contributed by atoms with E-state index >= 15 is 0 Å². The summed E-state index contributed by atoms with van der Waals surface area (Å²) in [5, 5.41) is 2.57. The Morgan fingerprint density at radius 3 is 0.926 bits per heavy atom. The van der Waals surface area contributed by atoms with Gasteiger partial charge in [-0.15, -0.1) is 0 Å². The van der Waals surface area contributed by atoms with Crippen LogP contribution in [0.4, 0.5) is 0 Å². The first-order valence-corrected chi connectivity index (χ1v) is 9.91. The van der Waals surface area contributed by atoms with Gasteiger partial charge in [-0.25, -0.2) is 4.89 Å². The second-order valence-electron chi connectivity index (χ2n) is 5.73. The van der Waals surface area contributed by atoms with Crippen molar-refractivity contribution in [2.24, 2.45) is 0 Å². The van der Waals surface area contributed by atoms with Crippen molar-refractivity contribution in [1.29, 1.82) is 0 Å². The van der Waals surface area contributed by atoms with Crippen LogP contribution >= 0.6 is 7.49 Å². The molecule has 0 aliphatic heterocycles. The first-order chi connectivity index (χ1) is 12.6. The van der Waals surface area contributed by atoms with Crippen LogP contribution in [0.2, 0.25) is 0 Å². The highest BCUT2D eigenvalue weighted by atomic mass is 31.2. The smallest absolute Gasteiger partial charge is 0.238 e. The van der Waals surface area contributed by atoms with E-state index in [1.165, 1.54) is 0 Å². The Balaban J connectivity index is 0.00000261. The number of rotatable bonds is 6. The average Bonchev–Trinajstić information content (AvgIpc) is 2.73. The van der Waals surface area contributed by atoms with E-state index in [1.807, 2.05) is 72.8 Å². The van der Waals surface area contributed by atoms with Crippen LogP contribution in [0.5, 0.6) is 17.2 Å². The monoisotopic (exact) mass is 385 g/mol. The lowest BCUT2D eigenvalue weighted by atomic mass is 10.3. The molecule has 0 aromatic heterocycles. The minimum absolute atomic E-state index is 0. The number of benzene rings is 3. The predicted molar refractivity (Wildman–Crippen MR) is 114 cm³/mol. The topological polar surface area (TPSA) is 47.9 Å². The van der Waals surface area contributed by atoms with Gasteiger partial charge < -0.3 is 14.2 Å². The third kappa shape index (κ3) is 4.08. The zero-order valence-corrected chi connectivity index (χ0v) is 15.9. The molecule has 0 aliphatic carbocycles. The molecule has 0 bridgehead atoms. The average molecular weight is 385 g/mol. The summed E-state index contributed by atoms with van der Waals surface area (Å²) in [6.45, 7) is 0. The van der Waals surface area contributed by atoms with E-state index < -0.39 is 7.49 Å². The molecule has 0 fully saturated rings. The summed E-state index contributed by atoms with van der Waals surface area (Å²) in [4.78, 5) is 11.9. The molecule has 5 heteroatoms. The zero-order chi connectivity index (χ0) is 18.6. The molecular formula is C22H26O4P+. The van der Waals surface area contributed by atoms with Gasteiger partial charge >= 0.3 is 0 Å². The summed E-state index contributed by atoms with van der Waals surface area (Å²) in [5.74, 6) is 2.26. The largest absolute Gasteiger partial charge is 0.497 e. The van der Waals surface area contributed by atoms with Crippen LogP contribution in [-0.2, 0) is 0 Å². The second-order valence-corrected chi connectivity index (χ2v) is 8.55. The highest BCUT2D eigenvalue weighted by Gasteiger charge is 2.44. The summed E-state index contributed by atoms with van der Waals surface area (Å²) >= 11 is 0. The van der Waals surface area contributed by atoms with E-state index in [2.05, 4.69) is 0 Å². The summed E-state index contributed by atoms with van der Waals surface area (Å²) < 4.78 is 15.8. The summed E-state index contributed by atoms with van der Waals surface area (Å²) in [5.41, 5.74) is 0. The van der Waals surface area contributed by atoms with E-state index in [4.69, 9.17) is 14.2 Å². The first-order valence-electron chi connectivity index (χ1n) is 8.17. The Bertz CT molecular complexity index is 727. The molecule has 0 atom stereocenters. The molecule has 3 aromatic rings. The highest BCUT2D eigenvalue weighted by molar-refractivity contribution is 7.91. The predicted octanol–water partition coefficient (Wildman–Crippen LogP) is 3.55. The van der Waals surface area contributed by atoms with Crippen LogP contribution in [-0.4, -0.2) is 26.2 Å². The Morgan fingerprint density at radius 2 is 0.741 bits per heavy atom. The molecule has 1 N–H and O–H groups in total. The van der Waals surface area contributed by atoms with Gasteiger partial charge in [0.2, 0.25) is 7.49 Å². The summed E-state index contributed by atoms with van der Waals surface area (Å²) in [6, 6.07) is 22.7. The van der Waals surface area contributed by atoms with Crippen LogP contribution in [0.1, 0.15) is 7.43 Å². The third-order valence-electron chi connectivity index (χ3n) is 4.34. The lowest BCUT2D eigenvalue weighted by Crippen LogP contribution is -2.30. The van der Waals surface area contributed by atoms with Crippen molar-refractivity contribution in [3.8, 4) is 17.2 Å². The van der Waals surface area contributed by atoms with Gasteiger partial charge in [0.15, 0.2) is 0 Å². The molecule has 3 rings (SSSR count). The third-order valence-corrected chi connectivity index (χ3v) is 7.47. The van der Waals surface area contributed by atoms with Crippen LogP contribution in [0, 0.1) is 0 Å². The zero-order valence-electron chi connectivity index (χ0n) is 15.0. The molecular weight excluding hydrogens is 359 g/mol. The Labute approximate surface area is 161 Å². The van der Waals surface area contributed by atoms with Crippen molar-refractivity contribution in [3.05, 3.63) is 72.8 Å². The van der Waals surface area contributed by atoms with Gasteiger partial charge in [-0.05, 0) is 72.8 Å². The maximum Gasteiger partial charge on any atom is 0.238 e. The molecule has 27 heavy (non-hydrogen) atoms. The van der Waals surface area contributed by atoms with Crippen molar-refractivity contribution < 1.29 is 19.1 Å². The highest BCUT2D eigenvalue weighted by Crippen LogP contribution is 2.51. The normalized spacial score (nSPS) is 10.7. The van der Waals surface area contributed by atoms with Gasteiger partial charge in [0.05, 0.1) is 21.3 Å². The minimum Gasteiger partial charge on any atom is -0.497 e. The number of methoxy groups -OCH3 is 3. The van der Waals surface area contributed by atoms with Crippen molar-refractivity contribution in [3.63, 3.8) is 0 Å². The minimum atomic E-state index is -2.78. The Hall–Kier alpha value is -2.55. The Kier molecular flexibility index (Phi) is 6.84. The van der Waals surface area contributed by atoms with Gasteiger partial charge in [-0.2, -0.15) is 0 Å². The second kappa shape index (κ2) is 8.90. The van der Waals surface area contributed by atoms with E-state index in [0.29, 0.717) is 0 Å². The molecule has 0 saturated carbocycles. The summed E-state index contributed by atoms with van der Waals surface area (Å²) in [6.07, 6.45) is 0. The molecule has 4 nitrogen and oxygen atoms in total. The van der Waals surface area contributed by atoms with Crippen molar-refractivity contribution in [2.75, 3.05) is 21.3 Å². The fourth-order valence-corrected chi connectivity index (χ4v) is 5.48. The molecule has 0 heterocycles. The Morgan fingerprint density at radius 1 is 0.519 bits per heavy atom.